The Bertz CT molecular complexity index is 1500. The molecule has 2 aromatic carbocycles. The van der Waals surface area contributed by atoms with E-state index in [0.29, 0.717) is 38.8 Å². The van der Waals surface area contributed by atoms with Gasteiger partial charge in [0.05, 0.1) is 24.2 Å². The van der Waals surface area contributed by atoms with Gasteiger partial charge in [0.2, 0.25) is 17.7 Å². The molecule has 3 amide bonds. The van der Waals surface area contributed by atoms with E-state index in [1.165, 1.54) is 0 Å². The lowest BCUT2D eigenvalue weighted by Crippen LogP contribution is -2.44. The molecule has 1 aliphatic heterocycles. The third kappa shape index (κ3) is 6.98. The van der Waals surface area contributed by atoms with E-state index in [2.05, 4.69) is 25.6 Å². The standard InChI is InChI=1S/C31H37N7O4/c32-27(10-7-20-5-8-23(39)9-6-20)31(42)38-17-25(26(18-38)30(41)35-14-12-22-16-33-19-37-22)29(40)34-13-11-21-15-36-28-4-2-1-3-24(21)28/h1-6,8-9,15-16,19,25-27,36,39H,7,10-14,17-18,32H2,(H,33,37)(H,34,40)(H,35,41)/t25-,26-,27+/m1/s1. The maximum atomic E-state index is 13.4. The van der Waals surface area contributed by atoms with Gasteiger partial charge in [-0.2, -0.15) is 0 Å². The first-order chi connectivity index (χ1) is 20.4. The number of phenols is 1. The second-order valence-corrected chi connectivity index (χ2v) is 10.8. The van der Waals surface area contributed by atoms with Gasteiger partial charge in [-0.1, -0.05) is 30.3 Å². The molecule has 0 spiro atoms. The fourth-order valence-electron chi connectivity index (χ4n) is 5.52. The molecular formula is C31H37N7O4. The zero-order valence-corrected chi connectivity index (χ0v) is 23.4. The summed E-state index contributed by atoms with van der Waals surface area (Å²) in [6.45, 7) is 1.05. The van der Waals surface area contributed by atoms with Crippen molar-refractivity contribution in [3.63, 3.8) is 0 Å². The topological polar surface area (TPSA) is 169 Å². The maximum absolute atomic E-state index is 13.4. The fraction of sp³-hybridized carbons (Fsp3) is 0.355. The smallest absolute Gasteiger partial charge is 0.239 e. The molecule has 220 valence electrons. The van der Waals surface area contributed by atoms with E-state index < -0.39 is 17.9 Å². The molecule has 3 atom stereocenters. The van der Waals surface area contributed by atoms with Gasteiger partial charge in [0.1, 0.15) is 5.75 Å². The van der Waals surface area contributed by atoms with E-state index in [-0.39, 0.29) is 36.6 Å². The van der Waals surface area contributed by atoms with E-state index in [9.17, 15) is 19.5 Å². The number of benzene rings is 2. The first-order valence-electron chi connectivity index (χ1n) is 14.3. The number of aromatic amines is 2. The fourth-order valence-corrected chi connectivity index (χ4v) is 5.52. The molecule has 4 aromatic rings. The van der Waals surface area contributed by atoms with Crippen LogP contribution in [0.1, 0.15) is 23.2 Å². The second-order valence-electron chi connectivity index (χ2n) is 10.8. The number of phenolic OH excluding ortho intramolecular Hbond substituents is 1. The summed E-state index contributed by atoms with van der Waals surface area (Å²) in [5.41, 5.74) is 10.3. The number of nitrogens with two attached hydrogens (primary N) is 1. The summed E-state index contributed by atoms with van der Waals surface area (Å²) in [6.07, 6.45) is 7.41. The van der Waals surface area contributed by atoms with Gasteiger partial charge >= 0.3 is 0 Å². The molecule has 0 unspecified atom stereocenters. The van der Waals surface area contributed by atoms with Gasteiger partial charge in [-0.05, 0) is 48.6 Å². The highest BCUT2D eigenvalue weighted by molar-refractivity contribution is 5.91. The third-order valence-electron chi connectivity index (χ3n) is 7.92. The number of hydrogen-bond acceptors (Lipinski definition) is 6. The molecule has 0 radical (unpaired) electrons. The number of nitrogens with zero attached hydrogens (tertiary/aromatic N) is 2. The molecule has 5 rings (SSSR count). The van der Waals surface area contributed by atoms with Crippen LogP contribution in [0.15, 0.2) is 67.3 Å². The normalized spacial score (nSPS) is 17.3. The number of hydrogen-bond donors (Lipinski definition) is 6. The monoisotopic (exact) mass is 571 g/mol. The van der Waals surface area contributed by atoms with Crippen molar-refractivity contribution < 1.29 is 19.5 Å². The number of amides is 3. The lowest BCUT2D eigenvalue weighted by Gasteiger charge is -2.21. The summed E-state index contributed by atoms with van der Waals surface area (Å²) in [5, 5.41) is 16.5. The van der Waals surface area contributed by atoms with Crippen LogP contribution in [0.4, 0.5) is 0 Å². The van der Waals surface area contributed by atoms with Crippen molar-refractivity contribution in [2.24, 2.45) is 17.6 Å². The van der Waals surface area contributed by atoms with Crippen LogP contribution in [0, 0.1) is 11.8 Å². The first-order valence-corrected chi connectivity index (χ1v) is 14.3. The first kappa shape index (κ1) is 28.9. The Labute approximate surface area is 243 Å². The van der Waals surface area contributed by atoms with Crippen molar-refractivity contribution in [3.05, 3.63) is 84.1 Å². The number of para-hydroxylation sites is 1. The number of nitrogens with one attached hydrogen (secondary N) is 4. The predicted molar refractivity (Wildman–Crippen MR) is 158 cm³/mol. The molecule has 11 heteroatoms. The summed E-state index contributed by atoms with van der Waals surface area (Å²) in [4.78, 5) is 51.7. The van der Waals surface area contributed by atoms with Crippen molar-refractivity contribution in [2.75, 3.05) is 26.2 Å². The Morgan fingerprint density at radius 3 is 2.33 bits per heavy atom. The lowest BCUT2D eigenvalue weighted by molar-refractivity contribution is -0.132. The minimum absolute atomic E-state index is 0.127. The Morgan fingerprint density at radius 1 is 0.952 bits per heavy atom. The second kappa shape index (κ2) is 13.3. The summed E-state index contributed by atoms with van der Waals surface area (Å²) < 4.78 is 0. The number of carbonyl (C=O) groups is 3. The van der Waals surface area contributed by atoms with Crippen LogP contribution in [0.5, 0.6) is 5.75 Å². The van der Waals surface area contributed by atoms with E-state index in [0.717, 1.165) is 27.7 Å². The van der Waals surface area contributed by atoms with Crippen LogP contribution >= 0.6 is 0 Å². The average Bonchev–Trinajstić information content (AvgIpc) is 3.77. The number of H-pyrrole nitrogens is 2. The molecule has 0 saturated carbocycles. The Morgan fingerprint density at radius 2 is 1.64 bits per heavy atom. The van der Waals surface area contributed by atoms with Crippen LogP contribution in [-0.4, -0.2) is 74.9 Å². The molecule has 1 saturated heterocycles. The van der Waals surface area contributed by atoms with Gasteiger partial charge in [0.15, 0.2) is 0 Å². The highest BCUT2D eigenvalue weighted by Gasteiger charge is 2.44. The molecule has 3 heterocycles. The Hall–Kier alpha value is -4.64. The number of aromatic nitrogens is 3. The lowest BCUT2D eigenvalue weighted by atomic mass is 9.94. The molecular weight excluding hydrogens is 534 g/mol. The molecule has 1 fully saturated rings. The van der Waals surface area contributed by atoms with Crippen LogP contribution in [-0.2, 0) is 33.6 Å². The van der Waals surface area contributed by atoms with Gasteiger partial charge in [0, 0.05) is 61.6 Å². The number of imidazole rings is 1. The summed E-state index contributed by atoms with van der Waals surface area (Å²) in [6, 6.07) is 14.0. The zero-order chi connectivity index (χ0) is 29.5. The number of aromatic hydroxyl groups is 1. The largest absolute Gasteiger partial charge is 0.508 e. The average molecular weight is 572 g/mol. The van der Waals surface area contributed by atoms with Crippen molar-refractivity contribution in [2.45, 2.75) is 31.7 Å². The highest BCUT2D eigenvalue weighted by Crippen LogP contribution is 2.26. The summed E-state index contributed by atoms with van der Waals surface area (Å²) in [5.74, 6) is -1.99. The van der Waals surface area contributed by atoms with Crippen LogP contribution < -0.4 is 16.4 Å². The van der Waals surface area contributed by atoms with Crippen LogP contribution in [0.3, 0.4) is 0 Å². The number of likely N-dealkylation sites (tertiary alicyclic amines) is 1. The SMILES string of the molecule is N[C@@H](CCc1ccc(O)cc1)C(=O)N1C[C@@H](C(=O)NCCc2cnc[nH]2)[C@H](C(=O)NCCc2c[nH]c3ccccc23)C1. The van der Waals surface area contributed by atoms with Gasteiger partial charge in [-0.25, -0.2) is 4.98 Å². The Balaban J connectivity index is 1.20. The quantitative estimate of drug-likeness (QED) is 0.151. The van der Waals surface area contributed by atoms with E-state index >= 15 is 0 Å². The van der Waals surface area contributed by atoms with Crippen molar-refractivity contribution in [3.8, 4) is 5.75 Å². The van der Waals surface area contributed by atoms with Gasteiger partial charge in [0.25, 0.3) is 0 Å². The van der Waals surface area contributed by atoms with Gasteiger partial charge in [-0.3, -0.25) is 14.4 Å². The van der Waals surface area contributed by atoms with Crippen LogP contribution in [0.2, 0.25) is 0 Å². The third-order valence-corrected chi connectivity index (χ3v) is 7.92. The summed E-state index contributed by atoms with van der Waals surface area (Å²) >= 11 is 0. The van der Waals surface area contributed by atoms with Crippen molar-refractivity contribution in [1.82, 2.24) is 30.5 Å². The van der Waals surface area contributed by atoms with E-state index in [4.69, 9.17) is 5.73 Å². The predicted octanol–water partition coefficient (Wildman–Crippen LogP) is 1.65. The zero-order valence-electron chi connectivity index (χ0n) is 23.4. The van der Waals surface area contributed by atoms with Gasteiger partial charge < -0.3 is 36.3 Å². The molecule has 2 aromatic heterocycles. The Kier molecular flexibility index (Phi) is 9.18. The minimum atomic E-state index is -0.772. The highest BCUT2D eigenvalue weighted by atomic mass is 16.3. The molecule has 42 heavy (non-hydrogen) atoms. The molecule has 7 N–H and O–H groups in total. The van der Waals surface area contributed by atoms with Crippen LogP contribution in [0.25, 0.3) is 10.9 Å². The van der Waals surface area contributed by atoms with Gasteiger partial charge in [-0.15, -0.1) is 0 Å². The molecule has 1 aliphatic rings. The maximum Gasteiger partial charge on any atom is 0.239 e. The van der Waals surface area contributed by atoms with E-state index in [1.807, 2.05) is 30.5 Å². The number of carbonyl (C=O) groups excluding carboxylic acids is 3. The number of fused-ring (bicyclic) bond motifs is 1. The molecule has 11 nitrogen and oxygen atoms in total. The van der Waals surface area contributed by atoms with Crippen molar-refractivity contribution >= 4 is 28.6 Å². The summed E-state index contributed by atoms with van der Waals surface area (Å²) in [7, 11) is 0. The minimum Gasteiger partial charge on any atom is -0.508 e. The molecule has 0 aliphatic carbocycles. The number of rotatable bonds is 12. The van der Waals surface area contributed by atoms with E-state index in [1.54, 1.807) is 41.7 Å². The number of aryl methyl sites for hydroxylation is 1. The van der Waals surface area contributed by atoms with Crippen molar-refractivity contribution in [1.29, 1.82) is 0 Å². The molecule has 0 bridgehead atoms.